The zero-order chi connectivity index (χ0) is 15.0. The molecule has 2 atom stereocenters. The summed E-state index contributed by atoms with van der Waals surface area (Å²) in [6.45, 7) is 10.7. The average Bonchev–Trinajstić information content (AvgIpc) is 2.92. The molecule has 1 heterocycles. The highest BCUT2D eigenvalue weighted by atomic mass is 16.5. The second-order valence-corrected chi connectivity index (χ2v) is 6.22. The first-order chi connectivity index (χ1) is 9.55. The van der Waals surface area contributed by atoms with E-state index < -0.39 is 5.54 Å². The van der Waals surface area contributed by atoms with Crippen LogP contribution in [0, 0.1) is 5.92 Å². The van der Waals surface area contributed by atoms with E-state index in [1.807, 2.05) is 6.92 Å². The molecule has 0 bridgehead atoms. The number of likely N-dealkylation sites (tertiary alicyclic amines) is 1. The standard InChI is InChI=1S/C16H32N2O2/c1-5-10-17-16(3,15(19)20-4)9-7-11-18-12-8-14(6-2)13-18/h14,17H,5-13H2,1-4H3. The topological polar surface area (TPSA) is 41.6 Å². The fourth-order valence-corrected chi connectivity index (χ4v) is 2.99. The van der Waals surface area contributed by atoms with E-state index in [1.54, 1.807) is 0 Å². The van der Waals surface area contributed by atoms with E-state index in [4.69, 9.17) is 4.74 Å². The third-order valence-corrected chi connectivity index (χ3v) is 4.50. The first-order valence-corrected chi connectivity index (χ1v) is 8.11. The maximum absolute atomic E-state index is 12.0. The third kappa shape index (κ3) is 5.06. The van der Waals surface area contributed by atoms with Crippen LogP contribution in [0.4, 0.5) is 0 Å². The first kappa shape index (κ1) is 17.4. The van der Waals surface area contributed by atoms with Crippen molar-refractivity contribution in [1.82, 2.24) is 10.2 Å². The molecule has 0 aliphatic carbocycles. The van der Waals surface area contributed by atoms with Gasteiger partial charge in [0.15, 0.2) is 0 Å². The van der Waals surface area contributed by atoms with Gasteiger partial charge in [-0.25, -0.2) is 0 Å². The van der Waals surface area contributed by atoms with Crippen molar-refractivity contribution in [2.24, 2.45) is 5.92 Å². The molecule has 1 aliphatic rings. The third-order valence-electron chi connectivity index (χ3n) is 4.50. The van der Waals surface area contributed by atoms with Crippen molar-refractivity contribution in [2.75, 3.05) is 33.3 Å². The Hall–Kier alpha value is -0.610. The van der Waals surface area contributed by atoms with Gasteiger partial charge in [-0.15, -0.1) is 0 Å². The van der Waals surface area contributed by atoms with Crippen molar-refractivity contribution >= 4 is 5.97 Å². The van der Waals surface area contributed by atoms with Gasteiger partial charge in [-0.05, 0) is 58.2 Å². The maximum Gasteiger partial charge on any atom is 0.325 e. The van der Waals surface area contributed by atoms with Crippen LogP contribution in [0.2, 0.25) is 0 Å². The minimum absolute atomic E-state index is 0.140. The fraction of sp³-hybridized carbons (Fsp3) is 0.938. The summed E-state index contributed by atoms with van der Waals surface area (Å²) in [4.78, 5) is 14.5. The van der Waals surface area contributed by atoms with E-state index in [0.29, 0.717) is 0 Å². The van der Waals surface area contributed by atoms with E-state index in [0.717, 1.165) is 38.3 Å². The molecule has 1 fully saturated rings. The molecular weight excluding hydrogens is 252 g/mol. The lowest BCUT2D eigenvalue weighted by Gasteiger charge is -2.29. The zero-order valence-electron chi connectivity index (χ0n) is 13.7. The molecule has 0 aromatic heterocycles. The van der Waals surface area contributed by atoms with Crippen molar-refractivity contribution in [2.45, 2.75) is 58.4 Å². The predicted molar refractivity (Wildman–Crippen MR) is 82.8 cm³/mol. The van der Waals surface area contributed by atoms with E-state index in [-0.39, 0.29) is 5.97 Å². The maximum atomic E-state index is 12.0. The van der Waals surface area contributed by atoms with Crippen LogP contribution >= 0.6 is 0 Å². The summed E-state index contributed by atoms with van der Waals surface area (Å²) >= 11 is 0. The highest BCUT2D eigenvalue weighted by molar-refractivity contribution is 5.80. The van der Waals surface area contributed by atoms with Gasteiger partial charge < -0.3 is 15.0 Å². The lowest BCUT2D eigenvalue weighted by Crippen LogP contribution is -2.50. The van der Waals surface area contributed by atoms with Crippen LogP contribution in [0.25, 0.3) is 0 Å². The van der Waals surface area contributed by atoms with Crippen molar-refractivity contribution in [3.05, 3.63) is 0 Å². The second-order valence-electron chi connectivity index (χ2n) is 6.22. The molecule has 1 N–H and O–H groups in total. The molecule has 0 radical (unpaired) electrons. The Kier molecular flexibility index (Phi) is 7.52. The smallest absolute Gasteiger partial charge is 0.325 e. The molecule has 0 aromatic rings. The van der Waals surface area contributed by atoms with E-state index in [1.165, 1.54) is 33.0 Å². The SMILES string of the molecule is CCCNC(C)(CCCN1CCC(CC)C1)C(=O)OC. The lowest BCUT2D eigenvalue weighted by atomic mass is 9.95. The summed E-state index contributed by atoms with van der Waals surface area (Å²) in [5, 5.41) is 3.35. The normalized spacial score (nSPS) is 22.7. The predicted octanol–water partition coefficient (Wildman–Crippen LogP) is 2.43. The molecule has 1 saturated heterocycles. The summed E-state index contributed by atoms with van der Waals surface area (Å²) in [5.74, 6) is 0.735. The van der Waals surface area contributed by atoms with Gasteiger partial charge in [0, 0.05) is 6.54 Å². The van der Waals surface area contributed by atoms with Crippen molar-refractivity contribution in [1.29, 1.82) is 0 Å². The molecule has 4 nitrogen and oxygen atoms in total. The van der Waals surface area contributed by atoms with Gasteiger partial charge in [0.2, 0.25) is 0 Å². The number of ether oxygens (including phenoxy) is 1. The lowest BCUT2D eigenvalue weighted by molar-refractivity contribution is -0.148. The molecule has 2 unspecified atom stereocenters. The summed E-state index contributed by atoms with van der Waals surface area (Å²) in [7, 11) is 1.47. The van der Waals surface area contributed by atoms with Crippen LogP contribution in [-0.4, -0.2) is 49.7 Å². The van der Waals surface area contributed by atoms with Crippen LogP contribution in [0.1, 0.15) is 52.9 Å². The molecule has 1 rings (SSSR count). The highest BCUT2D eigenvalue weighted by Gasteiger charge is 2.33. The minimum atomic E-state index is -0.533. The largest absolute Gasteiger partial charge is 0.468 e. The van der Waals surface area contributed by atoms with Gasteiger partial charge in [0.05, 0.1) is 7.11 Å². The number of methoxy groups -OCH3 is 1. The number of esters is 1. The molecular formula is C16H32N2O2. The number of carbonyl (C=O) groups excluding carboxylic acids is 1. The molecule has 0 spiro atoms. The number of hydrogen-bond acceptors (Lipinski definition) is 4. The Bertz CT molecular complexity index is 296. The number of nitrogens with zero attached hydrogens (tertiary/aromatic N) is 1. The van der Waals surface area contributed by atoms with Gasteiger partial charge in [0.25, 0.3) is 0 Å². The highest BCUT2D eigenvalue weighted by Crippen LogP contribution is 2.21. The molecule has 1 aliphatic heterocycles. The minimum Gasteiger partial charge on any atom is -0.468 e. The van der Waals surface area contributed by atoms with Crippen LogP contribution < -0.4 is 5.32 Å². The van der Waals surface area contributed by atoms with Crippen molar-refractivity contribution < 1.29 is 9.53 Å². The fourth-order valence-electron chi connectivity index (χ4n) is 2.99. The van der Waals surface area contributed by atoms with Gasteiger partial charge in [-0.1, -0.05) is 20.3 Å². The quantitative estimate of drug-likeness (QED) is 0.660. The molecule has 4 heteroatoms. The number of nitrogens with one attached hydrogen (secondary N) is 1. The monoisotopic (exact) mass is 284 g/mol. The average molecular weight is 284 g/mol. The van der Waals surface area contributed by atoms with Gasteiger partial charge in [-0.3, -0.25) is 4.79 Å². The molecule has 20 heavy (non-hydrogen) atoms. The van der Waals surface area contributed by atoms with E-state index in [9.17, 15) is 4.79 Å². The van der Waals surface area contributed by atoms with Gasteiger partial charge in [-0.2, -0.15) is 0 Å². The molecule has 118 valence electrons. The van der Waals surface area contributed by atoms with E-state index in [2.05, 4.69) is 24.1 Å². The second kappa shape index (κ2) is 8.63. The van der Waals surface area contributed by atoms with Crippen LogP contribution in [-0.2, 0) is 9.53 Å². The molecule has 0 aromatic carbocycles. The first-order valence-electron chi connectivity index (χ1n) is 8.11. The molecule has 0 saturated carbocycles. The Morgan fingerprint density at radius 2 is 2.20 bits per heavy atom. The Balaban J connectivity index is 2.36. The van der Waals surface area contributed by atoms with Crippen LogP contribution in [0.5, 0.6) is 0 Å². The summed E-state index contributed by atoms with van der Waals surface area (Å²) in [6.07, 6.45) is 5.52. The van der Waals surface area contributed by atoms with Gasteiger partial charge >= 0.3 is 5.97 Å². The van der Waals surface area contributed by atoms with Gasteiger partial charge in [0.1, 0.15) is 5.54 Å². The Morgan fingerprint density at radius 3 is 2.75 bits per heavy atom. The van der Waals surface area contributed by atoms with Crippen LogP contribution in [0.3, 0.4) is 0 Å². The summed E-state index contributed by atoms with van der Waals surface area (Å²) in [6, 6.07) is 0. The van der Waals surface area contributed by atoms with Crippen molar-refractivity contribution in [3.63, 3.8) is 0 Å². The number of rotatable bonds is 9. The Morgan fingerprint density at radius 1 is 1.45 bits per heavy atom. The van der Waals surface area contributed by atoms with Crippen molar-refractivity contribution in [3.8, 4) is 0 Å². The van der Waals surface area contributed by atoms with Crippen LogP contribution in [0.15, 0.2) is 0 Å². The Labute approximate surface area is 124 Å². The summed E-state index contributed by atoms with van der Waals surface area (Å²) in [5.41, 5.74) is -0.533. The number of hydrogen-bond donors (Lipinski definition) is 1. The zero-order valence-corrected chi connectivity index (χ0v) is 13.7. The summed E-state index contributed by atoms with van der Waals surface area (Å²) < 4.78 is 4.95. The van der Waals surface area contributed by atoms with E-state index >= 15 is 0 Å². The number of carbonyl (C=O) groups is 1. The molecule has 0 amide bonds.